The Morgan fingerprint density at radius 2 is 1.79 bits per heavy atom. The van der Waals surface area contributed by atoms with Crippen LogP contribution >= 0.6 is 0 Å². The van der Waals surface area contributed by atoms with Crippen molar-refractivity contribution in [3.8, 4) is 0 Å². The maximum Gasteiger partial charge on any atom is 0.416 e. The van der Waals surface area contributed by atoms with Crippen LogP contribution in [0, 0.1) is 11.8 Å². The van der Waals surface area contributed by atoms with Crippen LogP contribution in [-0.2, 0) is 50.3 Å². The molecule has 3 aromatic rings. The van der Waals surface area contributed by atoms with Crippen molar-refractivity contribution in [1.82, 2.24) is 25.0 Å². The van der Waals surface area contributed by atoms with E-state index in [0.29, 0.717) is 44.5 Å². The van der Waals surface area contributed by atoms with Gasteiger partial charge in [0.15, 0.2) is 0 Å². The minimum absolute atomic E-state index is 0.0430. The first-order valence-electron chi connectivity index (χ1n) is 16.6. The maximum absolute atomic E-state index is 14.2. The molecule has 2 N–H and O–H groups in total. The number of nitrogens with one attached hydrogen (secondary N) is 2. The molecule has 1 fully saturated rings. The van der Waals surface area contributed by atoms with Gasteiger partial charge in [0, 0.05) is 75.6 Å². The molecule has 2 aromatic carbocycles. The Kier molecular flexibility index (Phi) is 9.94. The number of halogens is 3. The monoisotopic (exact) mass is 667 g/mol. The van der Waals surface area contributed by atoms with Crippen molar-refractivity contribution in [2.75, 3.05) is 33.7 Å². The van der Waals surface area contributed by atoms with Crippen molar-refractivity contribution in [1.29, 1.82) is 0 Å². The molecule has 0 saturated carbocycles. The predicted octanol–water partition coefficient (Wildman–Crippen LogP) is 5.02. The lowest BCUT2D eigenvalue weighted by Crippen LogP contribution is -2.64. The summed E-state index contributed by atoms with van der Waals surface area (Å²) < 4.78 is 39.5. The van der Waals surface area contributed by atoms with Crippen molar-refractivity contribution >= 4 is 34.5 Å². The van der Waals surface area contributed by atoms with Gasteiger partial charge in [-0.15, -0.1) is 0 Å². The molecule has 1 aromatic heterocycles. The zero-order valence-corrected chi connectivity index (χ0v) is 28.2. The van der Waals surface area contributed by atoms with E-state index in [1.165, 1.54) is 12.1 Å². The lowest BCUT2D eigenvalue weighted by molar-refractivity contribution is -0.164. The van der Waals surface area contributed by atoms with Crippen LogP contribution in [0.25, 0.3) is 10.9 Å². The molecule has 5 rings (SSSR count). The Hall–Kier alpha value is -4.35. The standard InChI is InChI=1S/C36H44F3N5O4/c1-6-43(7-2)34(48)28-19-24(20-30(45)40-21-23-9-8-10-25(17-23)36(37,38)39)33(47)44-16-15-27-26-13-11-22(12-14-31(46)42(4)5)18-29(26)41-32(27)35(28,44)3/h8-11,13,17-18,24,28,41H,6-7,12,14-16,19-21H2,1-5H3,(H,40,45)/t24-,28-,35+/m1/s1. The highest BCUT2D eigenvalue weighted by atomic mass is 19.4. The number of amides is 4. The fraction of sp³-hybridized carbons (Fsp3) is 0.500. The van der Waals surface area contributed by atoms with Crippen molar-refractivity contribution < 1.29 is 32.3 Å². The van der Waals surface area contributed by atoms with Gasteiger partial charge in [-0.05, 0) is 74.9 Å². The summed E-state index contributed by atoms with van der Waals surface area (Å²) in [4.78, 5) is 62.3. The quantitative estimate of drug-likeness (QED) is 0.317. The van der Waals surface area contributed by atoms with Crippen LogP contribution in [0.4, 0.5) is 13.2 Å². The molecular weight excluding hydrogens is 623 g/mol. The van der Waals surface area contributed by atoms with E-state index in [4.69, 9.17) is 0 Å². The second-order valence-corrected chi connectivity index (χ2v) is 13.2. The Labute approximate surface area is 278 Å². The van der Waals surface area contributed by atoms with Crippen LogP contribution in [0.5, 0.6) is 0 Å². The van der Waals surface area contributed by atoms with Gasteiger partial charge < -0.3 is 25.0 Å². The van der Waals surface area contributed by atoms with Gasteiger partial charge in [-0.2, -0.15) is 13.2 Å². The Balaban J connectivity index is 1.42. The first-order chi connectivity index (χ1) is 22.7. The van der Waals surface area contributed by atoms with Gasteiger partial charge in [0.1, 0.15) is 0 Å². The van der Waals surface area contributed by atoms with Gasteiger partial charge in [0.25, 0.3) is 0 Å². The lowest BCUT2D eigenvalue weighted by Gasteiger charge is -2.54. The van der Waals surface area contributed by atoms with Crippen LogP contribution in [0.2, 0.25) is 0 Å². The average Bonchev–Trinajstić information content (AvgIpc) is 3.43. The maximum atomic E-state index is 14.2. The summed E-state index contributed by atoms with van der Waals surface area (Å²) >= 11 is 0. The molecule has 48 heavy (non-hydrogen) atoms. The highest BCUT2D eigenvalue weighted by molar-refractivity contribution is 5.93. The number of nitrogens with zero attached hydrogens (tertiary/aromatic N) is 3. The van der Waals surface area contributed by atoms with Crippen LogP contribution in [0.1, 0.15) is 68.0 Å². The van der Waals surface area contributed by atoms with E-state index < -0.39 is 35.0 Å². The number of hydrogen-bond donors (Lipinski definition) is 2. The van der Waals surface area contributed by atoms with Crippen LogP contribution in [0.3, 0.4) is 0 Å². The molecule has 2 aliphatic heterocycles. The number of benzene rings is 2. The number of aromatic amines is 1. The number of carbonyl (C=O) groups is 4. The number of hydrogen-bond acceptors (Lipinski definition) is 4. The van der Waals surface area contributed by atoms with Crippen LogP contribution in [0.15, 0.2) is 42.5 Å². The van der Waals surface area contributed by atoms with E-state index in [2.05, 4.69) is 10.3 Å². The number of piperidine rings is 1. The molecule has 0 bridgehead atoms. The molecule has 0 radical (unpaired) electrons. The van der Waals surface area contributed by atoms with Gasteiger partial charge in [-0.1, -0.05) is 24.3 Å². The number of aryl methyl sites for hydroxylation is 1. The van der Waals surface area contributed by atoms with Crippen molar-refractivity contribution in [2.24, 2.45) is 11.8 Å². The van der Waals surface area contributed by atoms with Crippen molar-refractivity contribution in [3.05, 3.63) is 70.4 Å². The number of rotatable bonds is 10. The fourth-order valence-corrected chi connectivity index (χ4v) is 7.37. The molecule has 3 heterocycles. The number of fused-ring (bicyclic) bond motifs is 5. The smallest absolute Gasteiger partial charge is 0.356 e. The van der Waals surface area contributed by atoms with Crippen LogP contribution < -0.4 is 5.32 Å². The van der Waals surface area contributed by atoms with Gasteiger partial charge in [0.2, 0.25) is 23.6 Å². The topological polar surface area (TPSA) is 106 Å². The molecule has 258 valence electrons. The lowest BCUT2D eigenvalue weighted by atomic mass is 9.67. The van der Waals surface area contributed by atoms with Gasteiger partial charge >= 0.3 is 6.18 Å². The molecule has 0 unspecified atom stereocenters. The molecule has 12 heteroatoms. The molecule has 0 aliphatic carbocycles. The average molecular weight is 668 g/mol. The third-order valence-corrected chi connectivity index (χ3v) is 10.1. The van der Waals surface area contributed by atoms with E-state index in [1.807, 2.05) is 39.0 Å². The van der Waals surface area contributed by atoms with Gasteiger partial charge in [-0.3, -0.25) is 19.2 Å². The van der Waals surface area contributed by atoms with E-state index in [1.54, 1.807) is 28.8 Å². The van der Waals surface area contributed by atoms with E-state index in [-0.39, 0.29) is 37.1 Å². The largest absolute Gasteiger partial charge is 0.416 e. The summed E-state index contributed by atoms with van der Waals surface area (Å²) in [5.41, 5.74) is 2.27. The Bertz CT molecular complexity index is 1710. The summed E-state index contributed by atoms with van der Waals surface area (Å²) in [6, 6.07) is 10.9. The molecule has 9 nitrogen and oxygen atoms in total. The number of alkyl halides is 3. The summed E-state index contributed by atoms with van der Waals surface area (Å²) in [6.07, 6.45) is -2.99. The molecule has 4 amide bonds. The minimum atomic E-state index is -4.50. The van der Waals surface area contributed by atoms with Crippen molar-refractivity contribution in [3.63, 3.8) is 0 Å². The van der Waals surface area contributed by atoms with Crippen molar-refractivity contribution in [2.45, 2.75) is 71.1 Å². The second kappa shape index (κ2) is 13.6. The highest BCUT2D eigenvalue weighted by Crippen LogP contribution is 2.50. The van der Waals surface area contributed by atoms with E-state index in [9.17, 15) is 32.3 Å². The predicted molar refractivity (Wildman–Crippen MR) is 176 cm³/mol. The third-order valence-electron chi connectivity index (χ3n) is 10.1. The van der Waals surface area contributed by atoms with Gasteiger partial charge in [-0.25, -0.2) is 0 Å². The molecular formula is C36H44F3N5O4. The highest BCUT2D eigenvalue weighted by Gasteiger charge is 2.57. The minimum Gasteiger partial charge on any atom is -0.356 e. The fourth-order valence-electron chi connectivity index (χ4n) is 7.37. The van der Waals surface area contributed by atoms with Gasteiger partial charge in [0.05, 0.1) is 17.0 Å². The zero-order valence-electron chi connectivity index (χ0n) is 28.2. The second-order valence-electron chi connectivity index (χ2n) is 13.2. The zero-order chi connectivity index (χ0) is 35.0. The summed E-state index contributed by atoms with van der Waals surface area (Å²) in [7, 11) is 3.46. The number of aromatic nitrogens is 1. The summed E-state index contributed by atoms with van der Waals surface area (Å²) in [5.74, 6) is -2.14. The number of H-pyrrole nitrogens is 1. The third kappa shape index (κ3) is 6.66. The first kappa shape index (κ1) is 35.0. The molecule has 1 saturated heterocycles. The Morgan fingerprint density at radius 1 is 1.06 bits per heavy atom. The summed E-state index contributed by atoms with van der Waals surface area (Å²) in [5, 5.41) is 3.70. The number of carbonyl (C=O) groups excluding carboxylic acids is 4. The SMILES string of the molecule is CCN(CC)C(=O)[C@H]1C[C@H](CC(=O)NCc2cccc(C(F)(F)F)c2)C(=O)N2CCc3c([nH]c4cc(CCC(=O)N(C)C)ccc34)[C@]12C. The summed E-state index contributed by atoms with van der Waals surface area (Å²) in [6.45, 7) is 7.00. The Morgan fingerprint density at radius 3 is 2.46 bits per heavy atom. The molecule has 3 atom stereocenters. The first-order valence-corrected chi connectivity index (χ1v) is 16.6. The molecule has 0 spiro atoms. The van der Waals surface area contributed by atoms with Crippen LogP contribution in [-0.4, -0.2) is 77.0 Å². The normalized spacial score (nSPS) is 20.7. The van der Waals surface area contributed by atoms with E-state index in [0.717, 1.165) is 39.9 Å². The van der Waals surface area contributed by atoms with E-state index >= 15 is 0 Å². The molecule has 2 aliphatic rings.